The number of hydrogen-bond acceptors (Lipinski definition) is 3. The summed E-state index contributed by atoms with van der Waals surface area (Å²) in [4.78, 5) is 12.9. The third-order valence-electron chi connectivity index (χ3n) is 4.03. The molecule has 0 atom stereocenters. The average Bonchev–Trinajstić information content (AvgIpc) is 3.05. The van der Waals surface area contributed by atoms with Crippen LogP contribution in [-0.2, 0) is 6.42 Å². The van der Waals surface area contributed by atoms with Gasteiger partial charge in [-0.05, 0) is 31.7 Å². The van der Waals surface area contributed by atoms with Gasteiger partial charge >= 0.3 is 5.97 Å². The molecule has 1 saturated carbocycles. The third kappa shape index (κ3) is 1.87. The number of carboxylic acids is 1. The van der Waals surface area contributed by atoms with Gasteiger partial charge in [0.25, 0.3) is 0 Å². The summed E-state index contributed by atoms with van der Waals surface area (Å²) in [6, 6.07) is 0.459. The molecule has 2 heterocycles. The molecule has 2 aromatic heterocycles. The van der Waals surface area contributed by atoms with Crippen molar-refractivity contribution in [3.05, 3.63) is 16.1 Å². The number of carboxylic acid groups (broad SMARTS) is 1. The molecule has 0 radical (unpaired) electrons. The lowest BCUT2D eigenvalue weighted by Gasteiger charge is -2.09. The van der Waals surface area contributed by atoms with E-state index in [1.54, 1.807) is 0 Å². The minimum Gasteiger partial charge on any atom is -0.477 e. The molecular formula is C14H18N2O2S. The predicted molar refractivity (Wildman–Crippen MR) is 76.2 cm³/mol. The largest absolute Gasteiger partial charge is 0.477 e. The molecule has 0 aromatic carbocycles. The molecule has 5 heteroatoms. The lowest BCUT2D eigenvalue weighted by Crippen LogP contribution is -2.05. The van der Waals surface area contributed by atoms with Gasteiger partial charge in [-0.3, -0.25) is 4.68 Å². The maximum Gasteiger partial charge on any atom is 0.346 e. The number of carbonyl (C=O) groups is 1. The number of rotatable bonds is 3. The van der Waals surface area contributed by atoms with Crippen LogP contribution in [-0.4, -0.2) is 20.9 Å². The number of aromatic carboxylic acids is 1. The quantitative estimate of drug-likeness (QED) is 0.929. The summed E-state index contributed by atoms with van der Waals surface area (Å²) < 4.78 is 2.09. The fraction of sp³-hybridized carbons (Fsp3) is 0.571. The van der Waals surface area contributed by atoms with Gasteiger partial charge in [-0.1, -0.05) is 19.8 Å². The summed E-state index contributed by atoms with van der Waals surface area (Å²) in [5.41, 5.74) is 1.93. The Labute approximate surface area is 116 Å². The van der Waals surface area contributed by atoms with Crippen LogP contribution in [0.4, 0.5) is 0 Å². The van der Waals surface area contributed by atoms with Crippen molar-refractivity contribution in [2.24, 2.45) is 0 Å². The first-order valence-electron chi connectivity index (χ1n) is 6.87. The van der Waals surface area contributed by atoms with E-state index in [2.05, 4.69) is 9.78 Å². The second-order valence-electron chi connectivity index (χ2n) is 5.22. The molecule has 0 amide bonds. The van der Waals surface area contributed by atoms with Gasteiger partial charge in [-0.25, -0.2) is 4.79 Å². The fourth-order valence-corrected chi connectivity index (χ4v) is 4.46. The first-order valence-corrected chi connectivity index (χ1v) is 7.69. The van der Waals surface area contributed by atoms with E-state index in [-0.39, 0.29) is 0 Å². The van der Waals surface area contributed by atoms with E-state index in [0.29, 0.717) is 10.9 Å². The molecule has 1 aliphatic rings. The normalized spacial score (nSPS) is 16.5. The zero-order valence-electron chi connectivity index (χ0n) is 11.3. The molecule has 102 valence electrons. The van der Waals surface area contributed by atoms with E-state index in [4.69, 9.17) is 0 Å². The average molecular weight is 278 g/mol. The van der Waals surface area contributed by atoms with Crippen LogP contribution in [0.1, 0.15) is 59.6 Å². The molecule has 3 rings (SSSR count). The van der Waals surface area contributed by atoms with Gasteiger partial charge in [-0.2, -0.15) is 5.10 Å². The summed E-state index contributed by atoms with van der Waals surface area (Å²) >= 11 is 1.39. The van der Waals surface area contributed by atoms with Gasteiger partial charge in [0, 0.05) is 5.39 Å². The highest BCUT2D eigenvalue weighted by molar-refractivity contribution is 7.20. The van der Waals surface area contributed by atoms with Crippen LogP contribution in [0.2, 0.25) is 0 Å². The molecule has 0 saturated heterocycles. The van der Waals surface area contributed by atoms with Crippen LogP contribution in [0.25, 0.3) is 10.2 Å². The Kier molecular flexibility index (Phi) is 3.09. The third-order valence-corrected chi connectivity index (χ3v) is 5.24. The zero-order chi connectivity index (χ0) is 13.6. The molecule has 2 aromatic rings. The highest BCUT2D eigenvalue weighted by atomic mass is 32.1. The first kappa shape index (κ1) is 12.7. The summed E-state index contributed by atoms with van der Waals surface area (Å²) in [6.45, 7) is 4.01. The van der Waals surface area contributed by atoms with Crippen molar-refractivity contribution in [1.29, 1.82) is 0 Å². The van der Waals surface area contributed by atoms with Gasteiger partial charge < -0.3 is 5.11 Å². The maximum atomic E-state index is 11.4. The van der Waals surface area contributed by atoms with Gasteiger partial charge in [-0.15, -0.1) is 11.3 Å². The standard InChI is InChI=1S/C14H18N2O2S/c1-3-10-11-8(2)15-16(9-6-4-5-7-9)13(11)19-12(10)14(17)18/h9H,3-7H2,1-2H3,(H,17,18). The van der Waals surface area contributed by atoms with Gasteiger partial charge in [0.15, 0.2) is 0 Å². The monoisotopic (exact) mass is 278 g/mol. The summed E-state index contributed by atoms with van der Waals surface area (Å²) in [5, 5.41) is 15.1. The topological polar surface area (TPSA) is 55.1 Å². The van der Waals surface area contributed by atoms with E-state index >= 15 is 0 Å². The maximum absolute atomic E-state index is 11.4. The summed E-state index contributed by atoms with van der Waals surface area (Å²) in [6.07, 6.45) is 5.58. The Balaban J connectivity index is 2.23. The number of hydrogen-bond donors (Lipinski definition) is 1. The van der Waals surface area contributed by atoms with Crippen LogP contribution in [0.3, 0.4) is 0 Å². The summed E-state index contributed by atoms with van der Waals surface area (Å²) in [5.74, 6) is -0.810. The van der Waals surface area contributed by atoms with Crippen LogP contribution in [0.15, 0.2) is 0 Å². The van der Waals surface area contributed by atoms with E-state index in [1.165, 1.54) is 24.2 Å². The van der Waals surface area contributed by atoms with Gasteiger partial charge in [0.1, 0.15) is 9.71 Å². The molecule has 1 fully saturated rings. The van der Waals surface area contributed by atoms with Crippen molar-refractivity contribution in [3.63, 3.8) is 0 Å². The zero-order valence-corrected chi connectivity index (χ0v) is 12.1. The van der Waals surface area contributed by atoms with Crippen LogP contribution in [0.5, 0.6) is 0 Å². The Morgan fingerprint density at radius 2 is 2.16 bits per heavy atom. The number of fused-ring (bicyclic) bond motifs is 1. The highest BCUT2D eigenvalue weighted by Crippen LogP contribution is 2.39. The second kappa shape index (κ2) is 4.63. The van der Waals surface area contributed by atoms with Crippen molar-refractivity contribution in [2.45, 2.75) is 52.0 Å². The van der Waals surface area contributed by atoms with Crippen molar-refractivity contribution in [2.75, 3.05) is 0 Å². The number of aryl methyl sites for hydroxylation is 2. The Hall–Kier alpha value is -1.36. The van der Waals surface area contributed by atoms with Crippen LogP contribution < -0.4 is 0 Å². The predicted octanol–water partition coefficient (Wildman–Crippen LogP) is 3.78. The molecule has 0 bridgehead atoms. The van der Waals surface area contributed by atoms with E-state index < -0.39 is 5.97 Å². The Morgan fingerprint density at radius 1 is 1.47 bits per heavy atom. The molecular weight excluding hydrogens is 260 g/mol. The summed E-state index contributed by atoms with van der Waals surface area (Å²) in [7, 11) is 0. The molecule has 0 unspecified atom stereocenters. The van der Waals surface area contributed by atoms with Crippen molar-refractivity contribution in [1.82, 2.24) is 9.78 Å². The number of thiophene rings is 1. The lowest BCUT2D eigenvalue weighted by molar-refractivity contribution is 0.0701. The second-order valence-corrected chi connectivity index (χ2v) is 6.22. The molecule has 0 aliphatic heterocycles. The van der Waals surface area contributed by atoms with Gasteiger partial charge in [0.05, 0.1) is 11.7 Å². The van der Waals surface area contributed by atoms with Crippen LogP contribution >= 0.6 is 11.3 Å². The molecule has 4 nitrogen and oxygen atoms in total. The van der Waals surface area contributed by atoms with Crippen molar-refractivity contribution < 1.29 is 9.90 Å². The molecule has 19 heavy (non-hydrogen) atoms. The number of nitrogens with zero attached hydrogens (tertiary/aromatic N) is 2. The minimum absolute atomic E-state index is 0.459. The molecule has 1 N–H and O–H groups in total. The Morgan fingerprint density at radius 3 is 2.74 bits per heavy atom. The smallest absolute Gasteiger partial charge is 0.346 e. The minimum atomic E-state index is -0.810. The van der Waals surface area contributed by atoms with Gasteiger partial charge in [0.2, 0.25) is 0 Å². The lowest BCUT2D eigenvalue weighted by atomic mass is 10.1. The van der Waals surface area contributed by atoms with Crippen LogP contribution in [0, 0.1) is 6.92 Å². The van der Waals surface area contributed by atoms with E-state index in [1.807, 2.05) is 13.8 Å². The first-order chi connectivity index (χ1) is 9.13. The van der Waals surface area contributed by atoms with E-state index in [0.717, 1.165) is 40.7 Å². The molecule has 1 aliphatic carbocycles. The SMILES string of the molecule is CCc1c(C(=O)O)sc2c1c(C)nn2C1CCCC1. The van der Waals surface area contributed by atoms with Crippen molar-refractivity contribution in [3.8, 4) is 0 Å². The fourth-order valence-electron chi connectivity index (χ4n) is 3.15. The van der Waals surface area contributed by atoms with Crippen molar-refractivity contribution >= 4 is 27.5 Å². The van der Waals surface area contributed by atoms with E-state index in [9.17, 15) is 9.90 Å². The number of aromatic nitrogens is 2. The Bertz CT molecular complexity index is 635. The highest BCUT2D eigenvalue weighted by Gasteiger charge is 2.26. The molecule has 0 spiro atoms.